The second-order valence-corrected chi connectivity index (χ2v) is 6.78. The second-order valence-electron chi connectivity index (χ2n) is 6.38. The highest BCUT2D eigenvalue weighted by Crippen LogP contribution is 2.19. The predicted octanol–water partition coefficient (Wildman–Crippen LogP) is 3.74. The maximum atomic E-state index is 13.6. The number of rotatable bonds is 5. The summed E-state index contributed by atoms with van der Waals surface area (Å²) < 4.78 is 21.6. The van der Waals surface area contributed by atoms with Crippen LogP contribution in [0, 0.1) is 19.7 Å². The molecule has 2 heterocycles. The Bertz CT molecular complexity index is 812. The summed E-state index contributed by atoms with van der Waals surface area (Å²) in [4.78, 5) is 0. The van der Waals surface area contributed by atoms with Crippen molar-refractivity contribution in [1.29, 1.82) is 0 Å². The van der Waals surface area contributed by atoms with Gasteiger partial charge in [0, 0.05) is 30.1 Å². The van der Waals surface area contributed by atoms with E-state index >= 15 is 0 Å². The van der Waals surface area contributed by atoms with E-state index in [1.54, 1.807) is 24.4 Å². The molecule has 0 unspecified atom stereocenters. The van der Waals surface area contributed by atoms with E-state index in [4.69, 9.17) is 17.0 Å². The van der Waals surface area contributed by atoms with Crippen LogP contribution in [0.3, 0.4) is 0 Å². The summed E-state index contributed by atoms with van der Waals surface area (Å²) in [7, 11) is 0. The quantitative estimate of drug-likeness (QED) is 0.476. The van der Waals surface area contributed by atoms with Crippen molar-refractivity contribution in [3.63, 3.8) is 0 Å². The number of nitrogens with zero attached hydrogens (tertiary/aromatic N) is 2. The number of anilines is 1. The molecule has 1 saturated heterocycles. The van der Waals surface area contributed by atoms with Crippen molar-refractivity contribution in [3.8, 4) is 0 Å². The number of aromatic nitrogens is 1. The van der Waals surface area contributed by atoms with Gasteiger partial charge in [-0.05, 0) is 57.1 Å². The molecule has 7 heteroatoms. The first-order valence-electron chi connectivity index (χ1n) is 8.67. The summed E-state index contributed by atoms with van der Waals surface area (Å²) in [5.74, 6) is -0.363. The molecule has 0 spiro atoms. The molecule has 138 valence electrons. The van der Waals surface area contributed by atoms with Crippen LogP contribution >= 0.6 is 12.2 Å². The molecule has 0 saturated carbocycles. The van der Waals surface area contributed by atoms with E-state index in [1.807, 2.05) is 0 Å². The van der Waals surface area contributed by atoms with Crippen molar-refractivity contribution in [2.45, 2.75) is 39.3 Å². The van der Waals surface area contributed by atoms with E-state index in [0.717, 1.165) is 37.3 Å². The van der Waals surface area contributed by atoms with Crippen LogP contribution in [-0.2, 0) is 11.3 Å². The van der Waals surface area contributed by atoms with Gasteiger partial charge in [-0.1, -0.05) is 12.1 Å². The van der Waals surface area contributed by atoms with Crippen molar-refractivity contribution in [3.05, 3.63) is 53.1 Å². The van der Waals surface area contributed by atoms with Gasteiger partial charge in [0.2, 0.25) is 0 Å². The molecule has 1 aliphatic rings. The highest BCUT2D eigenvalue weighted by Gasteiger charge is 2.18. The van der Waals surface area contributed by atoms with Crippen LogP contribution in [-0.4, -0.2) is 28.6 Å². The Hall–Kier alpha value is -2.25. The van der Waals surface area contributed by atoms with E-state index in [2.05, 4.69) is 40.3 Å². The lowest BCUT2D eigenvalue weighted by molar-refractivity contribution is 0.0962. The summed E-state index contributed by atoms with van der Waals surface area (Å²) in [5.41, 5.74) is 6.36. The molecular formula is C19H23FN4OS. The monoisotopic (exact) mass is 374 g/mol. The van der Waals surface area contributed by atoms with Crippen molar-refractivity contribution in [1.82, 2.24) is 9.99 Å². The lowest BCUT2D eigenvalue weighted by atomic mass is 10.2. The standard InChI is InChI=1S/C19H23FN4OS/c1-13-10-15(14(2)24(13)12-16-6-5-9-25-16)11-21-23-19(26)22-18-8-4-3-7-17(18)20/h3-4,7-8,10-11,16H,5-6,9,12H2,1-2H3,(H2,22,23,26)/b21-11-/t16-/m0/s1. The highest BCUT2D eigenvalue weighted by atomic mass is 32.1. The number of nitrogens with one attached hydrogen (secondary N) is 2. The number of thiocarbonyl (C=S) groups is 1. The second kappa shape index (κ2) is 8.42. The summed E-state index contributed by atoms with van der Waals surface area (Å²) in [5, 5.41) is 7.19. The molecule has 1 aromatic carbocycles. The van der Waals surface area contributed by atoms with Gasteiger partial charge in [-0.25, -0.2) is 4.39 Å². The van der Waals surface area contributed by atoms with Crippen molar-refractivity contribution in [2.75, 3.05) is 11.9 Å². The van der Waals surface area contributed by atoms with Crippen LogP contribution in [0.25, 0.3) is 0 Å². The van der Waals surface area contributed by atoms with Crippen LogP contribution in [0.15, 0.2) is 35.4 Å². The van der Waals surface area contributed by atoms with Gasteiger partial charge in [-0.15, -0.1) is 0 Å². The summed E-state index contributed by atoms with van der Waals surface area (Å²) in [6.07, 6.45) is 4.26. The SMILES string of the molecule is Cc1cc(/C=N\NC(=S)Nc2ccccc2F)c(C)n1C[C@@H]1CCCO1. The third-order valence-electron chi connectivity index (χ3n) is 4.51. The molecule has 0 bridgehead atoms. The first kappa shape index (κ1) is 18.5. The zero-order chi connectivity index (χ0) is 18.5. The summed E-state index contributed by atoms with van der Waals surface area (Å²) >= 11 is 5.15. The number of aryl methyl sites for hydroxylation is 1. The molecule has 0 aliphatic carbocycles. The Kier molecular flexibility index (Phi) is 6.00. The maximum Gasteiger partial charge on any atom is 0.191 e. The molecule has 26 heavy (non-hydrogen) atoms. The van der Waals surface area contributed by atoms with Crippen LogP contribution in [0.1, 0.15) is 29.8 Å². The van der Waals surface area contributed by atoms with E-state index in [-0.39, 0.29) is 10.9 Å². The number of halogens is 1. The molecule has 0 amide bonds. The lowest BCUT2D eigenvalue weighted by Gasteiger charge is -2.14. The molecular weight excluding hydrogens is 351 g/mol. The molecule has 1 aromatic heterocycles. The largest absolute Gasteiger partial charge is 0.376 e. The number of hydrogen-bond donors (Lipinski definition) is 2. The average molecular weight is 374 g/mol. The molecule has 1 aliphatic heterocycles. The summed E-state index contributed by atoms with van der Waals surface area (Å²) in [6.45, 7) is 5.87. The zero-order valence-corrected chi connectivity index (χ0v) is 15.8. The molecule has 5 nitrogen and oxygen atoms in total. The normalized spacial score (nSPS) is 17.0. The van der Waals surface area contributed by atoms with Gasteiger partial charge < -0.3 is 14.6 Å². The van der Waals surface area contributed by atoms with Gasteiger partial charge in [0.05, 0.1) is 18.0 Å². The predicted molar refractivity (Wildman–Crippen MR) is 106 cm³/mol. The van der Waals surface area contributed by atoms with E-state index in [1.165, 1.54) is 11.8 Å². The van der Waals surface area contributed by atoms with E-state index in [0.29, 0.717) is 11.8 Å². The number of para-hydroxylation sites is 1. The van der Waals surface area contributed by atoms with Crippen LogP contribution in [0.5, 0.6) is 0 Å². The lowest BCUT2D eigenvalue weighted by Crippen LogP contribution is -2.24. The fraction of sp³-hybridized carbons (Fsp3) is 0.368. The number of hydrazone groups is 1. The average Bonchev–Trinajstić information content (AvgIpc) is 3.21. The zero-order valence-electron chi connectivity index (χ0n) is 15.0. The Morgan fingerprint density at radius 2 is 2.23 bits per heavy atom. The molecule has 2 aromatic rings. The Balaban J connectivity index is 1.59. The summed E-state index contributed by atoms with van der Waals surface area (Å²) in [6, 6.07) is 8.44. The third kappa shape index (κ3) is 4.47. The number of hydrogen-bond acceptors (Lipinski definition) is 3. The molecule has 3 rings (SSSR count). The minimum Gasteiger partial charge on any atom is -0.376 e. The Labute approximate surface area is 158 Å². The first-order chi connectivity index (χ1) is 12.5. The molecule has 2 N–H and O–H groups in total. The van der Waals surface area contributed by atoms with Gasteiger partial charge in [-0.2, -0.15) is 5.10 Å². The van der Waals surface area contributed by atoms with E-state index in [9.17, 15) is 4.39 Å². The smallest absolute Gasteiger partial charge is 0.191 e. The van der Waals surface area contributed by atoms with Gasteiger partial charge in [0.25, 0.3) is 0 Å². The number of benzene rings is 1. The first-order valence-corrected chi connectivity index (χ1v) is 9.08. The molecule has 1 atom stereocenters. The molecule has 0 radical (unpaired) electrons. The minimum atomic E-state index is -0.363. The Morgan fingerprint density at radius 1 is 1.42 bits per heavy atom. The van der Waals surface area contributed by atoms with Crippen molar-refractivity contribution in [2.24, 2.45) is 5.10 Å². The molecule has 1 fully saturated rings. The van der Waals surface area contributed by atoms with E-state index < -0.39 is 0 Å². The topological polar surface area (TPSA) is 50.6 Å². The fourth-order valence-electron chi connectivity index (χ4n) is 3.10. The van der Waals surface area contributed by atoms with Gasteiger partial charge >= 0.3 is 0 Å². The number of ether oxygens (including phenoxy) is 1. The van der Waals surface area contributed by atoms with Crippen molar-refractivity contribution < 1.29 is 9.13 Å². The van der Waals surface area contributed by atoms with Crippen LogP contribution < -0.4 is 10.7 Å². The van der Waals surface area contributed by atoms with Crippen molar-refractivity contribution >= 4 is 29.2 Å². The Morgan fingerprint density at radius 3 is 2.96 bits per heavy atom. The van der Waals surface area contributed by atoms with Gasteiger partial charge in [0.1, 0.15) is 5.82 Å². The highest BCUT2D eigenvalue weighted by molar-refractivity contribution is 7.80. The van der Waals surface area contributed by atoms with Gasteiger partial charge in [0.15, 0.2) is 5.11 Å². The van der Waals surface area contributed by atoms with Gasteiger partial charge in [-0.3, -0.25) is 5.43 Å². The maximum absolute atomic E-state index is 13.6. The third-order valence-corrected chi connectivity index (χ3v) is 4.71. The fourth-order valence-corrected chi connectivity index (χ4v) is 3.27. The minimum absolute atomic E-state index is 0.236. The van der Waals surface area contributed by atoms with Crippen LogP contribution in [0.4, 0.5) is 10.1 Å². The van der Waals surface area contributed by atoms with Crippen LogP contribution in [0.2, 0.25) is 0 Å².